The molecule has 0 bridgehead atoms. The lowest BCUT2D eigenvalue weighted by molar-refractivity contribution is -0.126. The van der Waals surface area contributed by atoms with Gasteiger partial charge in [0.2, 0.25) is 5.91 Å². The van der Waals surface area contributed by atoms with Gasteiger partial charge in [0.1, 0.15) is 18.1 Å². The molecule has 1 aliphatic rings. The topological polar surface area (TPSA) is 65.4 Å². The first-order valence-corrected chi connectivity index (χ1v) is 9.13. The van der Waals surface area contributed by atoms with Gasteiger partial charge in [0.05, 0.1) is 18.7 Å². The Kier molecular flexibility index (Phi) is 5.49. The van der Waals surface area contributed by atoms with Crippen molar-refractivity contribution in [2.45, 2.75) is 40.2 Å². The summed E-state index contributed by atoms with van der Waals surface area (Å²) in [5, 5.41) is 7.58. The van der Waals surface area contributed by atoms with E-state index in [9.17, 15) is 4.79 Å². The number of carbonyl (C=O) groups excluding carboxylic acids is 1. The minimum atomic E-state index is -0.156. The average molecular weight is 357 g/mol. The molecule has 2 heterocycles. The number of rotatable bonds is 6. The molecule has 0 fully saturated rings. The molecule has 1 aromatic carbocycles. The Morgan fingerprint density at radius 1 is 1.42 bits per heavy atom. The quantitative estimate of drug-likeness (QED) is 0.862. The molecule has 1 aromatic heterocycles. The second kappa shape index (κ2) is 7.81. The summed E-state index contributed by atoms with van der Waals surface area (Å²) in [6, 6.07) is 5.75. The van der Waals surface area contributed by atoms with Gasteiger partial charge in [-0.25, -0.2) is 0 Å². The van der Waals surface area contributed by atoms with Gasteiger partial charge in [0.15, 0.2) is 0 Å². The fourth-order valence-corrected chi connectivity index (χ4v) is 3.51. The van der Waals surface area contributed by atoms with E-state index in [0.717, 1.165) is 35.7 Å². The Labute approximate surface area is 154 Å². The third kappa shape index (κ3) is 3.69. The minimum Gasteiger partial charge on any atom is -0.497 e. The second-order valence-electron chi connectivity index (χ2n) is 6.69. The molecule has 1 atom stereocenters. The maximum atomic E-state index is 12.5. The summed E-state index contributed by atoms with van der Waals surface area (Å²) in [5.41, 5.74) is 4.50. The van der Waals surface area contributed by atoms with Crippen molar-refractivity contribution in [1.29, 1.82) is 0 Å². The third-order valence-electron chi connectivity index (χ3n) is 5.06. The lowest BCUT2D eigenvalue weighted by atomic mass is 9.96. The van der Waals surface area contributed by atoms with Crippen LogP contribution >= 0.6 is 0 Å². The van der Waals surface area contributed by atoms with Crippen LogP contribution in [-0.2, 0) is 24.2 Å². The Morgan fingerprint density at radius 2 is 2.23 bits per heavy atom. The number of hydrogen-bond donors (Lipinski definition) is 1. The first kappa shape index (κ1) is 18.3. The molecule has 1 unspecified atom stereocenters. The first-order chi connectivity index (χ1) is 12.5. The Morgan fingerprint density at radius 3 is 2.92 bits per heavy atom. The Bertz CT molecular complexity index is 798. The standard InChI is InChI=1S/C20H27N3O3/c1-5-23-14(3)18(13(2)22-23)8-9-21-20(24)16-10-15-6-7-17(25-4)11-19(15)26-12-16/h6-7,11,16H,5,8-10,12H2,1-4H3,(H,21,24). The molecule has 6 heteroatoms. The van der Waals surface area contributed by atoms with Crippen molar-refractivity contribution in [1.82, 2.24) is 15.1 Å². The SMILES string of the molecule is CCn1nc(C)c(CCNC(=O)C2COc3cc(OC)ccc3C2)c1C. The van der Waals surface area contributed by atoms with Crippen LogP contribution in [0.3, 0.4) is 0 Å². The van der Waals surface area contributed by atoms with E-state index in [1.807, 2.05) is 29.8 Å². The van der Waals surface area contributed by atoms with Gasteiger partial charge in [0.25, 0.3) is 0 Å². The van der Waals surface area contributed by atoms with Crippen LogP contribution in [-0.4, -0.2) is 35.9 Å². The highest BCUT2D eigenvalue weighted by molar-refractivity contribution is 5.79. The summed E-state index contributed by atoms with van der Waals surface area (Å²) in [5.74, 6) is 1.47. The first-order valence-electron chi connectivity index (χ1n) is 9.13. The van der Waals surface area contributed by atoms with Crippen LogP contribution in [0.5, 0.6) is 11.5 Å². The molecule has 140 valence electrons. The van der Waals surface area contributed by atoms with Crippen molar-refractivity contribution < 1.29 is 14.3 Å². The van der Waals surface area contributed by atoms with Crippen molar-refractivity contribution in [3.63, 3.8) is 0 Å². The average Bonchev–Trinajstić information content (AvgIpc) is 2.94. The van der Waals surface area contributed by atoms with E-state index in [2.05, 4.69) is 24.3 Å². The number of amides is 1. The third-order valence-corrected chi connectivity index (χ3v) is 5.06. The highest BCUT2D eigenvalue weighted by Crippen LogP contribution is 2.31. The van der Waals surface area contributed by atoms with E-state index < -0.39 is 0 Å². The number of carbonyl (C=O) groups is 1. The largest absolute Gasteiger partial charge is 0.497 e. The van der Waals surface area contributed by atoms with Crippen LogP contribution in [0.1, 0.15) is 29.4 Å². The van der Waals surface area contributed by atoms with Crippen LogP contribution in [0.15, 0.2) is 18.2 Å². The van der Waals surface area contributed by atoms with Crippen LogP contribution in [0.4, 0.5) is 0 Å². The number of benzene rings is 1. The number of hydrogen-bond acceptors (Lipinski definition) is 4. The van der Waals surface area contributed by atoms with E-state index >= 15 is 0 Å². The Hall–Kier alpha value is -2.50. The van der Waals surface area contributed by atoms with Crippen LogP contribution in [0.2, 0.25) is 0 Å². The van der Waals surface area contributed by atoms with E-state index in [1.165, 1.54) is 11.3 Å². The molecule has 26 heavy (non-hydrogen) atoms. The van der Waals surface area contributed by atoms with Gasteiger partial charge >= 0.3 is 0 Å². The normalized spacial score (nSPS) is 15.9. The molecule has 0 aliphatic carbocycles. The fraction of sp³-hybridized carbons (Fsp3) is 0.500. The van der Waals surface area contributed by atoms with Crippen molar-refractivity contribution in [3.05, 3.63) is 40.7 Å². The highest BCUT2D eigenvalue weighted by atomic mass is 16.5. The molecule has 1 aliphatic heterocycles. The molecule has 0 saturated carbocycles. The molecule has 3 rings (SSSR count). The number of nitrogens with zero attached hydrogens (tertiary/aromatic N) is 2. The predicted molar refractivity (Wildman–Crippen MR) is 99.8 cm³/mol. The van der Waals surface area contributed by atoms with Gasteiger partial charge in [-0.05, 0) is 50.8 Å². The van der Waals surface area contributed by atoms with Crippen molar-refractivity contribution in [2.75, 3.05) is 20.3 Å². The molecule has 6 nitrogen and oxygen atoms in total. The molecular weight excluding hydrogens is 330 g/mol. The van der Waals surface area contributed by atoms with Crippen molar-refractivity contribution in [3.8, 4) is 11.5 Å². The van der Waals surface area contributed by atoms with E-state index in [4.69, 9.17) is 9.47 Å². The van der Waals surface area contributed by atoms with Gasteiger partial charge < -0.3 is 14.8 Å². The van der Waals surface area contributed by atoms with Gasteiger partial charge in [-0.15, -0.1) is 0 Å². The number of aromatic nitrogens is 2. The zero-order chi connectivity index (χ0) is 18.7. The van der Waals surface area contributed by atoms with E-state index in [0.29, 0.717) is 19.6 Å². The molecule has 1 amide bonds. The number of aryl methyl sites for hydroxylation is 2. The van der Waals surface area contributed by atoms with E-state index in [1.54, 1.807) is 7.11 Å². The molecule has 0 radical (unpaired) electrons. The number of fused-ring (bicyclic) bond motifs is 1. The lowest BCUT2D eigenvalue weighted by Gasteiger charge is -2.25. The summed E-state index contributed by atoms with van der Waals surface area (Å²) in [6.07, 6.45) is 1.49. The summed E-state index contributed by atoms with van der Waals surface area (Å²) in [4.78, 5) is 12.5. The smallest absolute Gasteiger partial charge is 0.226 e. The maximum absolute atomic E-state index is 12.5. The number of methoxy groups -OCH3 is 1. The summed E-state index contributed by atoms with van der Waals surface area (Å²) >= 11 is 0. The monoisotopic (exact) mass is 357 g/mol. The van der Waals surface area contributed by atoms with Crippen LogP contribution in [0.25, 0.3) is 0 Å². The van der Waals surface area contributed by atoms with Crippen LogP contribution < -0.4 is 14.8 Å². The fourth-order valence-electron chi connectivity index (χ4n) is 3.51. The van der Waals surface area contributed by atoms with Gasteiger partial charge in [0, 0.05) is 24.8 Å². The Balaban J connectivity index is 1.55. The van der Waals surface area contributed by atoms with E-state index in [-0.39, 0.29) is 11.8 Å². The zero-order valence-corrected chi connectivity index (χ0v) is 16.0. The minimum absolute atomic E-state index is 0.0460. The summed E-state index contributed by atoms with van der Waals surface area (Å²) in [6.45, 7) is 8.07. The van der Waals surface area contributed by atoms with Gasteiger partial charge in [-0.1, -0.05) is 6.07 Å². The maximum Gasteiger partial charge on any atom is 0.226 e. The zero-order valence-electron chi connectivity index (χ0n) is 16.0. The molecule has 2 aromatic rings. The van der Waals surface area contributed by atoms with Crippen LogP contribution in [0, 0.1) is 19.8 Å². The molecular formula is C20H27N3O3. The summed E-state index contributed by atoms with van der Waals surface area (Å²) < 4.78 is 13.0. The summed E-state index contributed by atoms with van der Waals surface area (Å²) in [7, 11) is 1.63. The second-order valence-corrected chi connectivity index (χ2v) is 6.69. The number of ether oxygens (including phenoxy) is 2. The molecule has 1 N–H and O–H groups in total. The van der Waals surface area contributed by atoms with Gasteiger partial charge in [-0.2, -0.15) is 5.10 Å². The van der Waals surface area contributed by atoms with Crippen molar-refractivity contribution >= 4 is 5.91 Å². The van der Waals surface area contributed by atoms with Crippen molar-refractivity contribution in [2.24, 2.45) is 5.92 Å². The van der Waals surface area contributed by atoms with Gasteiger partial charge in [-0.3, -0.25) is 9.48 Å². The molecule has 0 saturated heterocycles. The lowest BCUT2D eigenvalue weighted by Crippen LogP contribution is -2.38. The molecule has 0 spiro atoms. The highest BCUT2D eigenvalue weighted by Gasteiger charge is 2.26. The number of nitrogens with one attached hydrogen (secondary N) is 1. The predicted octanol–water partition coefficient (Wildman–Crippen LogP) is 2.44.